The Labute approximate surface area is 117 Å². The summed E-state index contributed by atoms with van der Waals surface area (Å²) in [7, 11) is 0. The van der Waals surface area contributed by atoms with Crippen molar-refractivity contribution >= 4 is 0 Å². The molecule has 1 fully saturated rings. The second-order valence-electron chi connectivity index (χ2n) is 6.26. The molecule has 1 aliphatic carbocycles. The van der Waals surface area contributed by atoms with E-state index in [0.29, 0.717) is 12.5 Å². The van der Waals surface area contributed by atoms with Gasteiger partial charge in [-0.2, -0.15) is 0 Å². The third kappa shape index (κ3) is 3.58. The highest BCUT2D eigenvalue weighted by atomic mass is 16.3. The minimum absolute atomic E-state index is 0.0850. The number of benzene rings is 1. The van der Waals surface area contributed by atoms with Crippen LogP contribution in [-0.4, -0.2) is 17.8 Å². The molecule has 2 atom stereocenters. The normalized spacial score (nSPS) is 19.2. The molecule has 1 aromatic carbocycles. The molecule has 0 saturated heterocycles. The molecule has 0 radical (unpaired) electrons. The maximum absolute atomic E-state index is 10.4. The zero-order valence-corrected chi connectivity index (χ0v) is 12.2. The molecule has 2 nitrogen and oxygen atoms in total. The van der Waals surface area contributed by atoms with E-state index in [4.69, 9.17) is 5.73 Å². The Morgan fingerprint density at radius 1 is 1.16 bits per heavy atom. The quantitative estimate of drug-likeness (QED) is 0.824. The molecule has 2 unspecified atom stereocenters. The van der Waals surface area contributed by atoms with Gasteiger partial charge in [-0.25, -0.2) is 0 Å². The molecule has 3 N–H and O–H groups in total. The molecule has 1 saturated carbocycles. The lowest BCUT2D eigenvalue weighted by Crippen LogP contribution is -2.29. The molecule has 0 heterocycles. The Hall–Kier alpha value is -0.860. The van der Waals surface area contributed by atoms with E-state index < -0.39 is 0 Å². The summed E-state index contributed by atoms with van der Waals surface area (Å²) < 4.78 is 0. The second kappa shape index (κ2) is 6.53. The van der Waals surface area contributed by atoms with Gasteiger partial charge in [0.25, 0.3) is 0 Å². The fraction of sp³-hybridized carbons (Fsp3) is 0.647. The lowest BCUT2D eigenvalue weighted by atomic mass is 9.78. The molecule has 0 aliphatic heterocycles. The molecule has 2 rings (SSSR count). The summed E-state index contributed by atoms with van der Waals surface area (Å²) in [6.07, 6.45) is 4.50. The molecule has 1 aliphatic rings. The van der Waals surface area contributed by atoms with Gasteiger partial charge < -0.3 is 10.8 Å². The molecule has 0 spiro atoms. The van der Waals surface area contributed by atoms with Crippen molar-refractivity contribution in [2.45, 2.75) is 57.5 Å². The summed E-state index contributed by atoms with van der Waals surface area (Å²) in [4.78, 5) is 0. The minimum Gasteiger partial charge on any atom is -0.392 e. The van der Waals surface area contributed by atoms with Crippen LogP contribution in [-0.2, 0) is 0 Å². The van der Waals surface area contributed by atoms with Crippen LogP contribution in [0.3, 0.4) is 0 Å². The van der Waals surface area contributed by atoms with Gasteiger partial charge in [0.2, 0.25) is 0 Å². The van der Waals surface area contributed by atoms with Gasteiger partial charge in [-0.15, -0.1) is 0 Å². The molecule has 19 heavy (non-hydrogen) atoms. The highest BCUT2D eigenvalue weighted by molar-refractivity contribution is 5.28. The highest BCUT2D eigenvalue weighted by Crippen LogP contribution is 2.34. The van der Waals surface area contributed by atoms with Crippen molar-refractivity contribution < 1.29 is 5.11 Å². The van der Waals surface area contributed by atoms with Crippen LogP contribution in [0, 0.1) is 5.92 Å². The average Bonchev–Trinajstić information content (AvgIpc) is 2.35. The molecule has 1 aromatic rings. The number of hydrogen-bond acceptors (Lipinski definition) is 2. The molecular formula is C17H27NO. The van der Waals surface area contributed by atoms with Crippen molar-refractivity contribution in [3.05, 3.63) is 35.4 Å². The Morgan fingerprint density at radius 3 is 2.16 bits per heavy atom. The van der Waals surface area contributed by atoms with Gasteiger partial charge >= 0.3 is 0 Å². The van der Waals surface area contributed by atoms with E-state index in [1.807, 2.05) is 0 Å². The highest BCUT2D eigenvalue weighted by Gasteiger charge is 2.26. The first-order valence-electron chi connectivity index (χ1n) is 7.59. The van der Waals surface area contributed by atoms with Crippen molar-refractivity contribution in [1.29, 1.82) is 0 Å². The van der Waals surface area contributed by atoms with Crippen molar-refractivity contribution in [1.82, 2.24) is 0 Å². The predicted molar refractivity (Wildman–Crippen MR) is 80.3 cm³/mol. The first-order valence-corrected chi connectivity index (χ1v) is 7.59. The Balaban J connectivity index is 2.02. The molecule has 0 bridgehead atoms. The third-order valence-corrected chi connectivity index (χ3v) is 4.55. The summed E-state index contributed by atoms with van der Waals surface area (Å²) >= 11 is 0. The van der Waals surface area contributed by atoms with Gasteiger partial charge in [-0.05, 0) is 29.4 Å². The fourth-order valence-corrected chi connectivity index (χ4v) is 2.88. The summed E-state index contributed by atoms with van der Waals surface area (Å²) in [6, 6.07) is 8.60. The van der Waals surface area contributed by atoms with Gasteiger partial charge in [-0.1, -0.05) is 57.4 Å². The Morgan fingerprint density at radius 2 is 1.74 bits per heavy atom. The van der Waals surface area contributed by atoms with Crippen LogP contribution in [0.1, 0.15) is 62.5 Å². The minimum atomic E-state index is -0.291. The number of hydrogen-bond donors (Lipinski definition) is 2. The van der Waals surface area contributed by atoms with E-state index in [9.17, 15) is 5.11 Å². The zero-order chi connectivity index (χ0) is 13.8. The molecular weight excluding hydrogens is 234 g/mol. The second-order valence-corrected chi connectivity index (χ2v) is 6.26. The van der Waals surface area contributed by atoms with E-state index in [1.165, 1.54) is 30.4 Å². The van der Waals surface area contributed by atoms with Crippen LogP contribution in [0.25, 0.3) is 0 Å². The maximum Gasteiger partial charge on any atom is 0.0623 e. The smallest absolute Gasteiger partial charge is 0.0623 e. The Kier molecular flexibility index (Phi) is 5.00. The van der Waals surface area contributed by atoms with E-state index in [-0.39, 0.29) is 12.0 Å². The number of aliphatic hydroxyl groups excluding tert-OH is 1. The van der Waals surface area contributed by atoms with Gasteiger partial charge in [-0.3, -0.25) is 0 Å². The van der Waals surface area contributed by atoms with Crippen LogP contribution in [0.4, 0.5) is 0 Å². The van der Waals surface area contributed by atoms with Crippen LogP contribution in [0.5, 0.6) is 0 Å². The third-order valence-electron chi connectivity index (χ3n) is 4.55. The van der Waals surface area contributed by atoms with Crippen molar-refractivity contribution in [3.8, 4) is 0 Å². The zero-order valence-electron chi connectivity index (χ0n) is 12.2. The lowest BCUT2D eigenvalue weighted by molar-refractivity contribution is 0.0951. The molecule has 106 valence electrons. The van der Waals surface area contributed by atoms with E-state index in [0.717, 1.165) is 12.3 Å². The standard InChI is InChI=1S/C17H27NO/c1-12(2)14-6-8-15(9-7-14)16(11-18)17(19)10-13-4-3-5-13/h6-9,12-13,16-17,19H,3-5,10-11,18H2,1-2H3. The van der Waals surface area contributed by atoms with Gasteiger partial charge in [0.1, 0.15) is 0 Å². The number of aliphatic hydroxyl groups is 1. The fourth-order valence-electron chi connectivity index (χ4n) is 2.88. The van der Waals surface area contributed by atoms with E-state index >= 15 is 0 Å². The summed E-state index contributed by atoms with van der Waals surface area (Å²) in [5.74, 6) is 1.35. The topological polar surface area (TPSA) is 46.2 Å². The summed E-state index contributed by atoms with van der Waals surface area (Å²) in [6.45, 7) is 4.91. The van der Waals surface area contributed by atoms with Crippen molar-refractivity contribution in [2.75, 3.05) is 6.54 Å². The van der Waals surface area contributed by atoms with Crippen molar-refractivity contribution in [3.63, 3.8) is 0 Å². The lowest BCUT2D eigenvalue weighted by Gasteiger charge is -2.31. The molecule has 0 amide bonds. The van der Waals surface area contributed by atoms with Crippen LogP contribution in [0.2, 0.25) is 0 Å². The van der Waals surface area contributed by atoms with Crippen molar-refractivity contribution in [2.24, 2.45) is 11.7 Å². The molecule has 0 aromatic heterocycles. The van der Waals surface area contributed by atoms with Crippen LogP contribution >= 0.6 is 0 Å². The number of nitrogens with two attached hydrogens (primary N) is 1. The monoisotopic (exact) mass is 261 g/mol. The van der Waals surface area contributed by atoms with Gasteiger partial charge in [0, 0.05) is 12.5 Å². The first kappa shape index (κ1) is 14.5. The summed E-state index contributed by atoms with van der Waals surface area (Å²) in [5.41, 5.74) is 8.40. The van der Waals surface area contributed by atoms with E-state index in [1.54, 1.807) is 0 Å². The maximum atomic E-state index is 10.4. The van der Waals surface area contributed by atoms with Crippen LogP contribution < -0.4 is 5.73 Å². The van der Waals surface area contributed by atoms with Crippen LogP contribution in [0.15, 0.2) is 24.3 Å². The largest absolute Gasteiger partial charge is 0.392 e. The predicted octanol–water partition coefficient (Wildman–Crippen LogP) is 3.40. The number of rotatable bonds is 6. The van der Waals surface area contributed by atoms with E-state index in [2.05, 4.69) is 38.1 Å². The average molecular weight is 261 g/mol. The SMILES string of the molecule is CC(C)c1ccc(C(CN)C(O)CC2CCC2)cc1. The molecule has 2 heteroatoms. The van der Waals surface area contributed by atoms with Gasteiger partial charge in [0.05, 0.1) is 6.10 Å². The first-order chi connectivity index (χ1) is 9.11. The summed E-state index contributed by atoms with van der Waals surface area (Å²) in [5, 5.41) is 10.4. The Bertz CT molecular complexity index is 381. The van der Waals surface area contributed by atoms with Gasteiger partial charge in [0.15, 0.2) is 0 Å².